The number of hydrogen-bond acceptors (Lipinski definition) is 4. The van der Waals surface area contributed by atoms with Crippen LogP contribution >= 0.6 is 0 Å². The first-order valence-corrected chi connectivity index (χ1v) is 7.87. The van der Waals surface area contributed by atoms with E-state index in [0.717, 1.165) is 0 Å². The van der Waals surface area contributed by atoms with Gasteiger partial charge in [-0.25, -0.2) is 4.98 Å². The van der Waals surface area contributed by atoms with Crippen molar-refractivity contribution in [3.8, 4) is 11.5 Å². The molecule has 0 bridgehead atoms. The molecule has 0 fully saturated rings. The summed E-state index contributed by atoms with van der Waals surface area (Å²) in [7, 11) is 0. The number of imidazole rings is 1. The number of benzene rings is 1. The van der Waals surface area contributed by atoms with Crippen LogP contribution in [0.1, 0.15) is 30.0 Å². The van der Waals surface area contributed by atoms with E-state index in [9.17, 15) is 9.90 Å². The summed E-state index contributed by atoms with van der Waals surface area (Å²) >= 11 is 0. The number of rotatable bonds is 5. The van der Waals surface area contributed by atoms with Crippen LogP contribution in [0.4, 0.5) is 5.69 Å². The molecule has 0 saturated carbocycles. The van der Waals surface area contributed by atoms with Crippen molar-refractivity contribution in [2.75, 3.05) is 11.9 Å². The lowest BCUT2D eigenvalue weighted by atomic mass is 10.2. The van der Waals surface area contributed by atoms with Crippen LogP contribution in [0.5, 0.6) is 11.5 Å². The Labute approximate surface area is 139 Å². The van der Waals surface area contributed by atoms with E-state index >= 15 is 0 Å². The van der Waals surface area contributed by atoms with Crippen LogP contribution in [0.3, 0.4) is 0 Å². The Kier molecular flexibility index (Phi) is 4.37. The van der Waals surface area contributed by atoms with Crippen LogP contribution < -0.4 is 10.1 Å². The molecule has 0 aliphatic rings. The van der Waals surface area contributed by atoms with E-state index in [2.05, 4.69) is 10.3 Å². The summed E-state index contributed by atoms with van der Waals surface area (Å²) in [6, 6.07) is 10.1. The van der Waals surface area contributed by atoms with E-state index in [1.165, 1.54) is 6.07 Å². The molecule has 1 aromatic carbocycles. The SMILES string of the molecule is CCOc1cccn2c(C(=O)Nc3cccc(O)c3)c(CC)nc12. The van der Waals surface area contributed by atoms with Gasteiger partial charge in [0, 0.05) is 18.0 Å². The zero-order valence-corrected chi connectivity index (χ0v) is 13.6. The highest BCUT2D eigenvalue weighted by atomic mass is 16.5. The normalized spacial score (nSPS) is 10.8. The first-order valence-electron chi connectivity index (χ1n) is 7.87. The molecule has 0 aliphatic heterocycles. The quantitative estimate of drug-likeness (QED) is 0.755. The molecule has 0 atom stereocenters. The van der Waals surface area contributed by atoms with Gasteiger partial charge in [0.25, 0.3) is 5.91 Å². The van der Waals surface area contributed by atoms with Gasteiger partial charge in [-0.3, -0.25) is 9.20 Å². The maximum absolute atomic E-state index is 12.8. The molecule has 0 radical (unpaired) electrons. The second kappa shape index (κ2) is 6.62. The Morgan fingerprint density at radius 2 is 2.12 bits per heavy atom. The Hall–Kier alpha value is -3.02. The molecule has 6 nitrogen and oxygen atoms in total. The smallest absolute Gasteiger partial charge is 0.274 e. The number of aryl methyl sites for hydroxylation is 1. The van der Waals surface area contributed by atoms with Gasteiger partial charge < -0.3 is 15.2 Å². The van der Waals surface area contributed by atoms with E-state index in [-0.39, 0.29) is 11.7 Å². The highest BCUT2D eigenvalue weighted by molar-refractivity contribution is 6.04. The van der Waals surface area contributed by atoms with E-state index < -0.39 is 0 Å². The van der Waals surface area contributed by atoms with Crippen LogP contribution in [-0.2, 0) is 6.42 Å². The van der Waals surface area contributed by atoms with Gasteiger partial charge in [-0.15, -0.1) is 0 Å². The predicted octanol–water partition coefficient (Wildman–Crippen LogP) is 3.25. The first kappa shape index (κ1) is 15.9. The van der Waals surface area contributed by atoms with Crippen molar-refractivity contribution in [1.29, 1.82) is 0 Å². The minimum Gasteiger partial charge on any atom is -0.508 e. The van der Waals surface area contributed by atoms with Crippen molar-refractivity contribution in [3.63, 3.8) is 0 Å². The molecule has 0 unspecified atom stereocenters. The molecule has 0 saturated heterocycles. The number of carbonyl (C=O) groups is 1. The number of carbonyl (C=O) groups excluding carboxylic acids is 1. The number of fused-ring (bicyclic) bond motifs is 1. The molecule has 0 aliphatic carbocycles. The number of nitrogens with one attached hydrogen (secondary N) is 1. The van der Waals surface area contributed by atoms with Gasteiger partial charge in [-0.1, -0.05) is 13.0 Å². The molecule has 2 heterocycles. The van der Waals surface area contributed by atoms with Crippen LogP contribution in [0.2, 0.25) is 0 Å². The minimum absolute atomic E-state index is 0.0975. The Morgan fingerprint density at radius 1 is 1.29 bits per heavy atom. The summed E-state index contributed by atoms with van der Waals surface area (Å²) in [6.45, 7) is 4.38. The molecule has 0 spiro atoms. The number of pyridine rings is 1. The van der Waals surface area contributed by atoms with Crippen LogP contribution in [-0.4, -0.2) is 27.0 Å². The third-order valence-electron chi connectivity index (χ3n) is 3.64. The molecule has 2 aromatic heterocycles. The summed E-state index contributed by atoms with van der Waals surface area (Å²) in [5, 5.41) is 12.3. The average molecular weight is 325 g/mol. The molecule has 3 rings (SSSR count). The van der Waals surface area contributed by atoms with E-state index in [1.807, 2.05) is 26.0 Å². The summed E-state index contributed by atoms with van der Waals surface area (Å²) in [4.78, 5) is 17.3. The zero-order valence-electron chi connectivity index (χ0n) is 13.6. The number of hydrogen-bond donors (Lipinski definition) is 2. The number of aromatic nitrogens is 2. The fourth-order valence-electron chi connectivity index (χ4n) is 2.62. The number of nitrogens with zero attached hydrogens (tertiary/aromatic N) is 2. The fraction of sp³-hybridized carbons (Fsp3) is 0.222. The van der Waals surface area contributed by atoms with Crippen LogP contribution in [0.15, 0.2) is 42.6 Å². The highest BCUT2D eigenvalue weighted by Crippen LogP contribution is 2.24. The number of aromatic hydroxyl groups is 1. The van der Waals surface area contributed by atoms with Crippen molar-refractivity contribution < 1.29 is 14.6 Å². The third-order valence-corrected chi connectivity index (χ3v) is 3.64. The Morgan fingerprint density at radius 3 is 2.83 bits per heavy atom. The van der Waals surface area contributed by atoms with E-state index in [1.54, 1.807) is 28.8 Å². The molecule has 1 amide bonds. The summed E-state index contributed by atoms with van der Waals surface area (Å²) < 4.78 is 7.34. The lowest BCUT2D eigenvalue weighted by molar-refractivity contribution is 0.102. The number of anilines is 1. The predicted molar refractivity (Wildman–Crippen MR) is 91.8 cm³/mol. The van der Waals surface area contributed by atoms with Gasteiger partial charge in [0.05, 0.1) is 12.3 Å². The standard InChI is InChI=1S/C18H19N3O3/c1-3-14-16(18(23)19-12-7-5-8-13(22)11-12)21-10-6-9-15(24-4-2)17(21)20-14/h5-11,22H,3-4H2,1-2H3,(H,19,23). The molecule has 124 valence electrons. The second-order valence-corrected chi connectivity index (χ2v) is 5.26. The van der Waals surface area contributed by atoms with E-state index in [4.69, 9.17) is 4.74 Å². The number of amides is 1. The van der Waals surface area contributed by atoms with Gasteiger partial charge in [0.2, 0.25) is 0 Å². The molecule has 6 heteroatoms. The van der Waals surface area contributed by atoms with Gasteiger partial charge in [-0.05, 0) is 37.6 Å². The van der Waals surface area contributed by atoms with Crippen molar-refractivity contribution in [2.24, 2.45) is 0 Å². The molecule has 2 N–H and O–H groups in total. The lowest BCUT2D eigenvalue weighted by Gasteiger charge is -2.08. The molecular weight excluding hydrogens is 306 g/mol. The first-order chi connectivity index (χ1) is 11.6. The lowest BCUT2D eigenvalue weighted by Crippen LogP contribution is -2.16. The maximum Gasteiger partial charge on any atom is 0.274 e. The van der Waals surface area contributed by atoms with Crippen molar-refractivity contribution in [3.05, 3.63) is 54.0 Å². The van der Waals surface area contributed by atoms with Gasteiger partial charge >= 0.3 is 0 Å². The molecular formula is C18H19N3O3. The third kappa shape index (κ3) is 2.90. The maximum atomic E-state index is 12.8. The topological polar surface area (TPSA) is 75.9 Å². The summed E-state index contributed by atoms with van der Waals surface area (Å²) in [5.41, 5.74) is 2.31. The van der Waals surface area contributed by atoms with Crippen molar-refractivity contribution >= 4 is 17.2 Å². The molecule has 24 heavy (non-hydrogen) atoms. The number of ether oxygens (including phenoxy) is 1. The van der Waals surface area contributed by atoms with Gasteiger partial charge in [0.1, 0.15) is 11.4 Å². The second-order valence-electron chi connectivity index (χ2n) is 5.26. The van der Waals surface area contributed by atoms with Crippen LogP contribution in [0.25, 0.3) is 5.65 Å². The Bertz CT molecular complexity index is 886. The van der Waals surface area contributed by atoms with Gasteiger partial charge in [0.15, 0.2) is 11.4 Å². The fourth-order valence-corrected chi connectivity index (χ4v) is 2.62. The van der Waals surface area contributed by atoms with Crippen LogP contribution in [0, 0.1) is 0 Å². The minimum atomic E-state index is -0.279. The number of phenolic OH excluding ortho intramolecular Hbond substituents is 1. The highest BCUT2D eigenvalue weighted by Gasteiger charge is 2.20. The largest absolute Gasteiger partial charge is 0.508 e. The summed E-state index contributed by atoms with van der Waals surface area (Å²) in [6.07, 6.45) is 2.41. The molecule has 3 aromatic rings. The zero-order chi connectivity index (χ0) is 17.1. The summed E-state index contributed by atoms with van der Waals surface area (Å²) in [5.74, 6) is 0.463. The average Bonchev–Trinajstić information content (AvgIpc) is 2.95. The van der Waals surface area contributed by atoms with E-state index in [0.29, 0.717) is 41.5 Å². The number of phenols is 1. The monoisotopic (exact) mass is 325 g/mol. The van der Waals surface area contributed by atoms with Crippen molar-refractivity contribution in [1.82, 2.24) is 9.38 Å². The van der Waals surface area contributed by atoms with Gasteiger partial charge in [-0.2, -0.15) is 0 Å². The Balaban J connectivity index is 2.04. The van der Waals surface area contributed by atoms with Crippen molar-refractivity contribution in [2.45, 2.75) is 20.3 Å².